The van der Waals surface area contributed by atoms with Gasteiger partial charge in [0, 0.05) is 37.2 Å². The molecule has 0 saturated carbocycles. The Morgan fingerprint density at radius 3 is 2.80 bits per heavy atom. The van der Waals surface area contributed by atoms with Gasteiger partial charge in [-0.25, -0.2) is 15.0 Å². The molecule has 1 aliphatic heterocycles. The number of amides is 2. The van der Waals surface area contributed by atoms with E-state index in [0.717, 1.165) is 29.7 Å². The lowest BCUT2D eigenvalue weighted by molar-refractivity contribution is 0.0732. The molecule has 0 bridgehead atoms. The number of hydrogen-bond acceptors (Lipinski definition) is 5. The number of carbonyl (C=O) groups excluding carboxylic acids is 2. The summed E-state index contributed by atoms with van der Waals surface area (Å²) < 4.78 is 1.97. The number of pyridine rings is 2. The van der Waals surface area contributed by atoms with Crippen LogP contribution in [0.5, 0.6) is 0 Å². The van der Waals surface area contributed by atoms with Crippen molar-refractivity contribution in [3.8, 4) is 0 Å². The van der Waals surface area contributed by atoms with E-state index in [9.17, 15) is 9.59 Å². The molecular weight excluding hydrogens is 440 g/mol. The van der Waals surface area contributed by atoms with Crippen molar-refractivity contribution in [2.45, 2.75) is 32.4 Å². The van der Waals surface area contributed by atoms with Crippen molar-refractivity contribution in [2.75, 3.05) is 11.9 Å². The molecule has 2 amide bonds. The van der Waals surface area contributed by atoms with E-state index >= 15 is 0 Å². The molecule has 1 saturated heterocycles. The second-order valence-corrected chi connectivity index (χ2v) is 8.71. The van der Waals surface area contributed by atoms with Gasteiger partial charge in [-0.15, -0.1) is 0 Å². The maximum absolute atomic E-state index is 13.5. The Morgan fingerprint density at radius 2 is 2.00 bits per heavy atom. The number of nitrogens with zero attached hydrogens (tertiary/aromatic N) is 5. The van der Waals surface area contributed by atoms with Crippen molar-refractivity contribution in [2.24, 2.45) is 0 Å². The number of likely N-dealkylation sites (tertiary alicyclic amines) is 1. The number of aromatic nitrogens is 4. The lowest BCUT2D eigenvalue weighted by Gasteiger charge is -2.25. The number of rotatable bonds is 6. The number of hydrogen-bond donors (Lipinski definition) is 1. The predicted octanol–water partition coefficient (Wildman–Crippen LogP) is 4.26. The molecule has 8 heteroatoms. The van der Waals surface area contributed by atoms with E-state index in [1.54, 1.807) is 30.9 Å². The molecule has 3 aromatic heterocycles. The van der Waals surface area contributed by atoms with Gasteiger partial charge in [0.1, 0.15) is 11.5 Å². The number of benzene rings is 1. The summed E-state index contributed by atoms with van der Waals surface area (Å²) in [7, 11) is 0. The van der Waals surface area contributed by atoms with Gasteiger partial charge in [0.2, 0.25) is 0 Å². The summed E-state index contributed by atoms with van der Waals surface area (Å²) in [6.45, 7) is 3.24. The summed E-state index contributed by atoms with van der Waals surface area (Å²) in [5, 5.41) is 2.79. The van der Waals surface area contributed by atoms with E-state index in [1.807, 2.05) is 65.1 Å². The highest BCUT2D eigenvalue weighted by Gasteiger charge is 2.32. The molecule has 35 heavy (non-hydrogen) atoms. The van der Waals surface area contributed by atoms with Crippen LogP contribution in [0.15, 0.2) is 79.5 Å². The first-order chi connectivity index (χ1) is 17.1. The fourth-order valence-electron chi connectivity index (χ4n) is 4.36. The first kappa shape index (κ1) is 22.5. The smallest absolute Gasteiger partial charge is 0.275 e. The van der Waals surface area contributed by atoms with Crippen molar-refractivity contribution in [3.63, 3.8) is 0 Å². The number of carbonyl (C=O) groups is 2. The third kappa shape index (κ3) is 5.11. The van der Waals surface area contributed by atoms with Gasteiger partial charge in [-0.1, -0.05) is 24.3 Å². The second-order valence-electron chi connectivity index (χ2n) is 8.71. The Bertz CT molecular complexity index is 1330. The van der Waals surface area contributed by atoms with Crippen molar-refractivity contribution in [3.05, 3.63) is 108 Å². The molecule has 0 radical (unpaired) electrons. The summed E-state index contributed by atoms with van der Waals surface area (Å²) in [5.41, 5.74) is 3.71. The second kappa shape index (κ2) is 9.89. The molecular formula is C27H26N6O2. The topological polar surface area (TPSA) is 93.0 Å². The fraction of sp³-hybridized carbons (Fsp3) is 0.222. The van der Waals surface area contributed by atoms with Crippen LogP contribution in [-0.2, 0) is 6.54 Å². The van der Waals surface area contributed by atoms with Crippen LogP contribution in [0.1, 0.15) is 56.6 Å². The number of nitrogens with one attached hydrogen (secondary N) is 1. The Labute approximate surface area is 203 Å². The monoisotopic (exact) mass is 466 g/mol. The minimum atomic E-state index is -0.328. The van der Waals surface area contributed by atoms with E-state index in [-0.39, 0.29) is 17.9 Å². The average Bonchev–Trinajstić information content (AvgIpc) is 3.58. The molecule has 1 fully saturated rings. The summed E-state index contributed by atoms with van der Waals surface area (Å²) in [6.07, 6.45) is 8.78. The molecule has 176 valence electrons. The van der Waals surface area contributed by atoms with Crippen LogP contribution in [0.4, 0.5) is 5.82 Å². The molecule has 4 aromatic rings. The molecule has 8 nitrogen and oxygen atoms in total. The van der Waals surface area contributed by atoms with E-state index < -0.39 is 0 Å². The standard InChI is InChI=1S/C27H26N6O2/c1-19-10-11-25(29-16-19)31-26(34)23-8-3-7-22(30-23)24-9-4-13-33(24)27(35)21-6-2-5-20(15-21)17-32-14-12-28-18-32/h2-3,5-8,10-12,14-16,18,24H,4,9,13,17H2,1H3,(H,29,31,34). The van der Waals surface area contributed by atoms with Crippen LogP contribution in [0, 0.1) is 6.92 Å². The normalized spacial score (nSPS) is 15.2. The zero-order valence-electron chi connectivity index (χ0n) is 19.5. The molecule has 1 aliphatic rings. The fourth-order valence-corrected chi connectivity index (χ4v) is 4.36. The van der Waals surface area contributed by atoms with Gasteiger partial charge in [0.15, 0.2) is 0 Å². The van der Waals surface area contributed by atoms with Gasteiger partial charge in [-0.05, 0) is 61.2 Å². The Kier molecular flexibility index (Phi) is 6.34. The van der Waals surface area contributed by atoms with Gasteiger partial charge in [-0.2, -0.15) is 0 Å². The van der Waals surface area contributed by atoms with E-state index in [1.165, 1.54) is 0 Å². The van der Waals surface area contributed by atoms with Gasteiger partial charge >= 0.3 is 0 Å². The molecule has 1 unspecified atom stereocenters. The summed E-state index contributed by atoms with van der Waals surface area (Å²) in [6, 6.07) is 16.5. The zero-order valence-corrected chi connectivity index (χ0v) is 19.5. The van der Waals surface area contributed by atoms with Gasteiger partial charge < -0.3 is 14.8 Å². The lowest BCUT2D eigenvalue weighted by Crippen LogP contribution is -2.31. The van der Waals surface area contributed by atoms with Gasteiger partial charge in [0.25, 0.3) is 11.8 Å². The largest absolute Gasteiger partial charge is 0.333 e. The van der Waals surface area contributed by atoms with Crippen molar-refractivity contribution < 1.29 is 9.59 Å². The molecule has 1 N–H and O–H groups in total. The van der Waals surface area contributed by atoms with Crippen LogP contribution in [0.3, 0.4) is 0 Å². The maximum Gasteiger partial charge on any atom is 0.275 e. The Hall–Kier alpha value is -4.33. The van der Waals surface area contributed by atoms with Crippen LogP contribution >= 0.6 is 0 Å². The third-order valence-corrected chi connectivity index (χ3v) is 6.11. The number of aryl methyl sites for hydroxylation is 1. The molecule has 4 heterocycles. The van der Waals surface area contributed by atoms with Crippen molar-refractivity contribution in [1.82, 2.24) is 24.4 Å². The predicted molar refractivity (Wildman–Crippen MR) is 132 cm³/mol. The SMILES string of the molecule is Cc1ccc(NC(=O)c2cccc(C3CCCN3C(=O)c3cccc(Cn4ccnc4)c3)n2)nc1. The Morgan fingerprint density at radius 1 is 1.11 bits per heavy atom. The zero-order chi connectivity index (χ0) is 24.2. The van der Waals surface area contributed by atoms with Crippen molar-refractivity contribution in [1.29, 1.82) is 0 Å². The molecule has 1 atom stereocenters. The summed E-state index contributed by atoms with van der Waals surface area (Å²) in [4.78, 5) is 41.0. The summed E-state index contributed by atoms with van der Waals surface area (Å²) >= 11 is 0. The van der Waals surface area contributed by atoms with Crippen LogP contribution in [-0.4, -0.2) is 42.8 Å². The van der Waals surface area contributed by atoms with Crippen LogP contribution < -0.4 is 5.32 Å². The van der Waals surface area contributed by atoms with Gasteiger partial charge in [-0.3, -0.25) is 9.59 Å². The maximum atomic E-state index is 13.5. The quantitative estimate of drug-likeness (QED) is 0.458. The highest BCUT2D eigenvalue weighted by molar-refractivity contribution is 6.02. The minimum Gasteiger partial charge on any atom is -0.333 e. The Balaban J connectivity index is 1.33. The molecule has 5 rings (SSSR count). The van der Waals surface area contributed by atoms with Gasteiger partial charge in [0.05, 0.1) is 18.1 Å². The highest BCUT2D eigenvalue weighted by atomic mass is 16.2. The first-order valence-electron chi connectivity index (χ1n) is 11.6. The first-order valence-corrected chi connectivity index (χ1v) is 11.6. The molecule has 1 aromatic carbocycles. The minimum absolute atomic E-state index is 0.0273. The lowest BCUT2D eigenvalue weighted by atomic mass is 10.1. The van der Waals surface area contributed by atoms with Crippen molar-refractivity contribution >= 4 is 17.6 Å². The summed E-state index contributed by atoms with van der Waals surface area (Å²) in [5.74, 6) is 0.118. The van der Waals surface area contributed by atoms with E-state index in [0.29, 0.717) is 30.2 Å². The van der Waals surface area contributed by atoms with E-state index in [4.69, 9.17) is 0 Å². The third-order valence-electron chi connectivity index (χ3n) is 6.11. The molecule has 0 spiro atoms. The van der Waals surface area contributed by atoms with Crippen LogP contribution in [0.25, 0.3) is 0 Å². The average molecular weight is 467 g/mol. The molecule has 0 aliphatic carbocycles. The number of imidazole rings is 1. The highest BCUT2D eigenvalue weighted by Crippen LogP contribution is 2.32. The number of anilines is 1. The van der Waals surface area contributed by atoms with Crippen LogP contribution in [0.2, 0.25) is 0 Å². The van der Waals surface area contributed by atoms with E-state index in [2.05, 4.69) is 20.3 Å².